The normalized spacial score (nSPS) is 13.5. The van der Waals surface area contributed by atoms with Crippen LogP contribution in [0.3, 0.4) is 0 Å². The molecule has 7 heteroatoms. The van der Waals surface area contributed by atoms with Crippen molar-refractivity contribution in [2.45, 2.75) is 19.3 Å². The van der Waals surface area contributed by atoms with Crippen molar-refractivity contribution in [3.63, 3.8) is 0 Å². The van der Waals surface area contributed by atoms with Gasteiger partial charge in [0.1, 0.15) is 17.5 Å². The molecular formula is C22H24F3N3O. The Kier molecular flexibility index (Phi) is 6.93. The van der Waals surface area contributed by atoms with E-state index in [1.807, 2.05) is 0 Å². The molecule has 1 aromatic heterocycles. The zero-order valence-electron chi connectivity index (χ0n) is 16.2. The summed E-state index contributed by atoms with van der Waals surface area (Å²) < 4.78 is 39.4. The predicted octanol–water partition coefficient (Wildman–Crippen LogP) is 4.37. The van der Waals surface area contributed by atoms with Crippen molar-refractivity contribution in [2.75, 3.05) is 20.1 Å². The van der Waals surface area contributed by atoms with Crippen LogP contribution in [-0.2, 0) is 4.79 Å². The van der Waals surface area contributed by atoms with Crippen LogP contribution in [0.15, 0.2) is 42.5 Å². The Balaban J connectivity index is 0.000000188. The number of H-pyrrole nitrogens is 1. The van der Waals surface area contributed by atoms with Crippen molar-refractivity contribution in [3.05, 3.63) is 59.9 Å². The lowest BCUT2D eigenvalue weighted by Crippen LogP contribution is -2.35. The van der Waals surface area contributed by atoms with Crippen molar-refractivity contribution < 1.29 is 18.0 Å². The van der Waals surface area contributed by atoms with Crippen molar-refractivity contribution >= 4 is 16.8 Å². The van der Waals surface area contributed by atoms with Gasteiger partial charge in [-0.2, -0.15) is 0 Å². The van der Waals surface area contributed by atoms with Gasteiger partial charge >= 0.3 is 0 Å². The summed E-state index contributed by atoms with van der Waals surface area (Å²) >= 11 is 0. The molecule has 0 bridgehead atoms. The summed E-state index contributed by atoms with van der Waals surface area (Å²) in [5.74, 6) is -0.695. The third-order valence-electron chi connectivity index (χ3n) is 5.02. The SMILES string of the molecule is CNC(=O)CNCC1CCC1.Fc1ccc(-c2cc3cc(F)cc(F)c3[nH]2)cc1. The molecule has 0 unspecified atom stereocenters. The van der Waals surface area contributed by atoms with E-state index in [0.717, 1.165) is 18.5 Å². The number of rotatable bonds is 5. The van der Waals surface area contributed by atoms with E-state index in [2.05, 4.69) is 15.6 Å². The van der Waals surface area contributed by atoms with Gasteiger partial charge in [0, 0.05) is 24.2 Å². The van der Waals surface area contributed by atoms with Crippen LogP contribution in [0.4, 0.5) is 13.2 Å². The average Bonchev–Trinajstić information content (AvgIpc) is 3.09. The highest BCUT2D eigenvalue weighted by atomic mass is 19.1. The van der Waals surface area contributed by atoms with Crippen LogP contribution in [0.1, 0.15) is 19.3 Å². The smallest absolute Gasteiger partial charge is 0.233 e. The molecule has 1 aliphatic carbocycles. The number of nitrogens with one attached hydrogen (secondary N) is 3. The van der Waals surface area contributed by atoms with Crippen LogP contribution in [-0.4, -0.2) is 31.0 Å². The number of fused-ring (bicyclic) bond motifs is 1. The zero-order valence-corrected chi connectivity index (χ0v) is 16.2. The van der Waals surface area contributed by atoms with Crippen molar-refractivity contribution in [2.24, 2.45) is 5.92 Å². The lowest BCUT2D eigenvalue weighted by Gasteiger charge is -2.25. The van der Waals surface area contributed by atoms with E-state index >= 15 is 0 Å². The second-order valence-corrected chi connectivity index (χ2v) is 7.14. The maximum atomic E-state index is 13.5. The number of benzene rings is 2. The summed E-state index contributed by atoms with van der Waals surface area (Å²) in [4.78, 5) is 13.6. The second kappa shape index (κ2) is 9.60. The molecule has 29 heavy (non-hydrogen) atoms. The molecule has 0 spiro atoms. The van der Waals surface area contributed by atoms with Gasteiger partial charge in [0.2, 0.25) is 5.91 Å². The maximum Gasteiger partial charge on any atom is 0.233 e. The summed E-state index contributed by atoms with van der Waals surface area (Å²) in [6.45, 7) is 1.47. The van der Waals surface area contributed by atoms with Crippen LogP contribution in [0.5, 0.6) is 0 Å². The van der Waals surface area contributed by atoms with E-state index in [4.69, 9.17) is 0 Å². The minimum atomic E-state index is -0.640. The standard InChI is InChI=1S/C14H8F3N.C8H16N2O/c15-10-3-1-8(2-4-10)13-6-9-5-11(16)7-12(17)14(9)18-13;1-9-8(11)6-10-5-7-3-2-4-7/h1-7,18H;7,10H,2-6H2,1H3,(H,9,11). The van der Waals surface area contributed by atoms with E-state index < -0.39 is 11.6 Å². The fourth-order valence-electron chi connectivity index (χ4n) is 3.13. The third-order valence-corrected chi connectivity index (χ3v) is 5.02. The van der Waals surface area contributed by atoms with Gasteiger partial charge in [-0.25, -0.2) is 13.2 Å². The fourth-order valence-corrected chi connectivity index (χ4v) is 3.13. The molecule has 1 aliphatic rings. The molecule has 3 N–H and O–H groups in total. The Morgan fingerprint density at radius 2 is 1.79 bits per heavy atom. The molecule has 1 heterocycles. The number of hydrogen-bond acceptors (Lipinski definition) is 2. The molecule has 3 aromatic rings. The molecule has 0 saturated heterocycles. The van der Waals surface area contributed by atoms with Gasteiger partial charge in [0.25, 0.3) is 0 Å². The highest BCUT2D eigenvalue weighted by Crippen LogP contribution is 2.27. The fraction of sp³-hybridized carbons (Fsp3) is 0.318. The van der Waals surface area contributed by atoms with E-state index in [1.165, 1.54) is 37.5 Å². The molecule has 1 fully saturated rings. The topological polar surface area (TPSA) is 56.9 Å². The number of carbonyl (C=O) groups is 1. The number of likely N-dealkylation sites (N-methyl/N-ethyl adjacent to an activating group) is 1. The first-order valence-electron chi connectivity index (χ1n) is 9.61. The lowest BCUT2D eigenvalue weighted by atomic mass is 9.85. The molecule has 4 nitrogen and oxygen atoms in total. The molecule has 1 amide bonds. The average molecular weight is 403 g/mol. The number of aromatic nitrogens is 1. The largest absolute Gasteiger partial charge is 0.358 e. The number of halogens is 3. The van der Waals surface area contributed by atoms with Gasteiger partial charge in [-0.1, -0.05) is 6.42 Å². The summed E-state index contributed by atoms with van der Waals surface area (Å²) in [5, 5.41) is 6.15. The molecule has 2 aromatic carbocycles. The van der Waals surface area contributed by atoms with Crippen molar-refractivity contribution in [1.29, 1.82) is 0 Å². The van der Waals surface area contributed by atoms with E-state index in [9.17, 15) is 18.0 Å². The molecule has 1 saturated carbocycles. The number of amides is 1. The lowest BCUT2D eigenvalue weighted by molar-refractivity contribution is -0.119. The van der Waals surface area contributed by atoms with Crippen LogP contribution in [0.2, 0.25) is 0 Å². The predicted molar refractivity (Wildman–Crippen MR) is 108 cm³/mol. The van der Waals surface area contributed by atoms with Gasteiger partial charge in [-0.15, -0.1) is 0 Å². The van der Waals surface area contributed by atoms with Crippen molar-refractivity contribution in [3.8, 4) is 11.3 Å². The van der Waals surface area contributed by atoms with Gasteiger partial charge in [-0.05, 0) is 67.3 Å². The molecular weight excluding hydrogens is 379 g/mol. The Bertz CT molecular complexity index is 965. The molecule has 0 aliphatic heterocycles. The number of hydrogen-bond donors (Lipinski definition) is 3. The van der Waals surface area contributed by atoms with Crippen molar-refractivity contribution in [1.82, 2.24) is 15.6 Å². The first-order chi connectivity index (χ1) is 14.0. The van der Waals surface area contributed by atoms with Gasteiger partial charge in [0.05, 0.1) is 12.1 Å². The Hall–Kier alpha value is -2.80. The minimum Gasteiger partial charge on any atom is -0.358 e. The summed E-state index contributed by atoms with van der Waals surface area (Å²) in [6.07, 6.45) is 4.04. The Morgan fingerprint density at radius 1 is 1.07 bits per heavy atom. The molecule has 154 valence electrons. The number of carbonyl (C=O) groups excluding carboxylic acids is 1. The Morgan fingerprint density at radius 3 is 2.41 bits per heavy atom. The summed E-state index contributed by atoms with van der Waals surface area (Å²) in [6, 6.07) is 9.50. The molecule has 4 rings (SSSR count). The summed E-state index contributed by atoms with van der Waals surface area (Å²) in [5.41, 5.74) is 1.58. The highest BCUT2D eigenvalue weighted by molar-refractivity contribution is 5.86. The van der Waals surface area contributed by atoms with Gasteiger partial charge in [-0.3, -0.25) is 4.79 Å². The molecule has 0 radical (unpaired) electrons. The minimum absolute atomic E-state index is 0.0734. The van der Waals surface area contributed by atoms with Crippen LogP contribution >= 0.6 is 0 Å². The first kappa shape index (κ1) is 20.9. The molecule has 0 atom stereocenters. The second-order valence-electron chi connectivity index (χ2n) is 7.14. The zero-order chi connectivity index (χ0) is 20.8. The third kappa shape index (κ3) is 5.60. The van der Waals surface area contributed by atoms with Gasteiger partial charge < -0.3 is 15.6 Å². The quantitative estimate of drug-likeness (QED) is 0.592. The van der Waals surface area contributed by atoms with Crippen LogP contribution in [0.25, 0.3) is 22.2 Å². The number of aromatic amines is 1. The maximum absolute atomic E-state index is 13.5. The highest BCUT2D eigenvalue weighted by Gasteiger charge is 2.16. The summed E-state index contributed by atoms with van der Waals surface area (Å²) in [7, 11) is 1.66. The van der Waals surface area contributed by atoms with E-state index in [-0.39, 0.29) is 17.2 Å². The Labute approximate surface area is 167 Å². The van der Waals surface area contributed by atoms with Gasteiger partial charge in [0.15, 0.2) is 0 Å². The van der Waals surface area contributed by atoms with Crippen LogP contribution < -0.4 is 10.6 Å². The van der Waals surface area contributed by atoms with E-state index in [1.54, 1.807) is 25.2 Å². The van der Waals surface area contributed by atoms with Crippen LogP contribution in [0, 0.1) is 23.4 Å². The monoisotopic (exact) mass is 403 g/mol. The first-order valence-corrected chi connectivity index (χ1v) is 9.61. The van der Waals surface area contributed by atoms with E-state index in [0.29, 0.717) is 23.2 Å².